The number of ether oxygens (including phenoxy) is 2. The van der Waals surface area contributed by atoms with Crippen LogP contribution in [0.15, 0.2) is 48.7 Å². The number of anilines is 1. The number of nitrogens with one attached hydrogen (secondary N) is 1. The molecule has 0 saturated heterocycles. The van der Waals surface area contributed by atoms with E-state index in [1.807, 2.05) is 0 Å². The third kappa shape index (κ3) is 5.24. The predicted octanol–water partition coefficient (Wildman–Crippen LogP) is 4.36. The van der Waals surface area contributed by atoms with E-state index in [9.17, 15) is 22.4 Å². The van der Waals surface area contributed by atoms with Crippen LogP contribution < -0.4 is 14.8 Å². The smallest absolute Gasteiger partial charge is 0.387 e. The fourth-order valence-corrected chi connectivity index (χ4v) is 2.41. The van der Waals surface area contributed by atoms with Gasteiger partial charge in [-0.05, 0) is 42.8 Å². The zero-order valence-electron chi connectivity index (χ0n) is 15.0. The molecule has 1 N–H and O–H groups in total. The number of aromatic nitrogens is 2. The lowest BCUT2D eigenvalue weighted by Gasteiger charge is -2.12. The van der Waals surface area contributed by atoms with Gasteiger partial charge >= 0.3 is 6.61 Å². The molecule has 2 aromatic carbocycles. The number of alkyl halides is 2. The van der Waals surface area contributed by atoms with E-state index in [1.54, 1.807) is 13.0 Å². The molecule has 0 bridgehead atoms. The first-order valence-electron chi connectivity index (χ1n) is 8.30. The maximum atomic E-state index is 13.6. The maximum Gasteiger partial charge on any atom is 0.387 e. The van der Waals surface area contributed by atoms with Crippen molar-refractivity contribution in [2.45, 2.75) is 20.3 Å². The van der Waals surface area contributed by atoms with E-state index in [2.05, 4.69) is 15.2 Å². The van der Waals surface area contributed by atoms with E-state index >= 15 is 0 Å². The Morgan fingerprint density at radius 1 is 1.14 bits per heavy atom. The van der Waals surface area contributed by atoms with Crippen molar-refractivity contribution in [3.63, 3.8) is 0 Å². The molecule has 0 fully saturated rings. The van der Waals surface area contributed by atoms with Crippen molar-refractivity contribution < 1.29 is 31.8 Å². The van der Waals surface area contributed by atoms with Crippen molar-refractivity contribution >= 4 is 11.6 Å². The molecule has 10 heteroatoms. The number of nitrogens with zero attached hydrogens (tertiary/aromatic N) is 2. The van der Waals surface area contributed by atoms with Crippen molar-refractivity contribution in [2.75, 3.05) is 5.32 Å². The number of benzene rings is 2. The fraction of sp³-hybridized carbons (Fsp3) is 0.158. The predicted molar refractivity (Wildman–Crippen MR) is 95.0 cm³/mol. The number of carbonyl (C=O) groups is 1. The minimum absolute atomic E-state index is 0.0299. The molecular weight excluding hydrogens is 394 g/mol. The molecule has 152 valence electrons. The molecule has 0 aliphatic heterocycles. The molecule has 0 aliphatic rings. The standard InChI is InChI=1S/C19H15F4N3O3/c1-11-2-4-17(29-19(22)23)15(8-11)24-18(27)14-6-7-26(25-14)10-28-16-5-3-12(20)9-13(16)21/h2-9,19H,10H2,1H3,(H,24,27). The van der Waals surface area contributed by atoms with Crippen LogP contribution in [0.4, 0.5) is 23.2 Å². The first-order chi connectivity index (χ1) is 13.8. The summed E-state index contributed by atoms with van der Waals surface area (Å²) in [6.07, 6.45) is 1.41. The van der Waals surface area contributed by atoms with Crippen molar-refractivity contribution in [1.29, 1.82) is 0 Å². The Hall–Kier alpha value is -3.56. The van der Waals surface area contributed by atoms with Crippen LogP contribution in [0.25, 0.3) is 0 Å². The van der Waals surface area contributed by atoms with Crippen molar-refractivity contribution in [3.05, 3.63) is 71.6 Å². The summed E-state index contributed by atoms with van der Waals surface area (Å²) in [5, 5.41) is 6.44. The normalized spacial score (nSPS) is 10.8. The zero-order valence-corrected chi connectivity index (χ0v) is 15.0. The second kappa shape index (κ2) is 8.63. The molecule has 0 spiro atoms. The maximum absolute atomic E-state index is 13.6. The van der Waals surface area contributed by atoms with Crippen molar-refractivity contribution in [1.82, 2.24) is 9.78 Å². The van der Waals surface area contributed by atoms with Crippen LogP contribution in [0.3, 0.4) is 0 Å². The lowest BCUT2D eigenvalue weighted by molar-refractivity contribution is -0.0493. The monoisotopic (exact) mass is 409 g/mol. The summed E-state index contributed by atoms with van der Waals surface area (Å²) < 4.78 is 62.3. The van der Waals surface area contributed by atoms with Crippen LogP contribution in [0.1, 0.15) is 16.1 Å². The number of halogens is 4. The summed E-state index contributed by atoms with van der Waals surface area (Å²) in [5.74, 6) is -2.64. The number of hydrogen-bond acceptors (Lipinski definition) is 4. The minimum Gasteiger partial charge on any atom is -0.468 e. The zero-order chi connectivity index (χ0) is 21.0. The Labute approximate surface area is 162 Å². The van der Waals surface area contributed by atoms with E-state index in [4.69, 9.17) is 4.74 Å². The lowest BCUT2D eigenvalue weighted by atomic mass is 10.2. The topological polar surface area (TPSA) is 65.4 Å². The van der Waals surface area contributed by atoms with Gasteiger partial charge in [-0.15, -0.1) is 0 Å². The van der Waals surface area contributed by atoms with Gasteiger partial charge in [0.25, 0.3) is 5.91 Å². The van der Waals surface area contributed by atoms with Gasteiger partial charge in [0.1, 0.15) is 11.6 Å². The molecule has 0 atom stereocenters. The number of carbonyl (C=O) groups excluding carboxylic acids is 1. The van der Waals surface area contributed by atoms with Crippen LogP contribution in [0.5, 0.6) is 11.5 Å². The Morgan fingerprint density at radius 2 is 1.90 bits per heavy atom. The van der Waals surface area contributed by atoms with Crippen LogP contribution >= 0.6 is 0 Å². The highest BCUT2D eigenvalue weighted by atomic mass is 19.3. The molecule has 1 aromatic heterocycles. The molecule has 3 aromatic rings. The van der Waals surface area contributed by atoms with Gasteiger partial charge in [-0.3, -0.25) is 4.79 Å². The molecule has 29 heavy (non-hydrogen) atoms. The molecular formula is C19H15F4N3O3. The van der Waals surface area contributed by atoms with E-state index in [-0.39, 0.29) is 29.6 Å². The van der Waals surface area contributed by atoms with Crippen LogP contribution in [0.2, 0.25) is 0 Å². The molecule has 1 heterocycles. The Morgan fingerprint density at radius 3 is 2.62 bits per heavy atom. The fourth-order valence-electron chi connectivity index (χ4n) is 2.41. The highest BCUT2D eigenvalue weighted by molar-refractivity contribution is 6.03. The van der Waals surface area contributed by atoms with Gasteiger partial charge in [0, 0.05) is 12.3 Å². The highest BCUT2D eigenvalue weighted by Gasteiger charge is 2.15. The van der Waals surface area contributed by atoms with Crippen molar-refractivity contribution in [3.8, 4) is 11.5 Å². The third-order valence-corrected chi connectivity index (χ3v) is 3.72. The van der Waals surface area contributed by atoms with Gasteiger partial charge in [-0.2, -0.15) is 13.9 Å². The molecule has 0 radical (unpaired) electrons. The third-order valence-electron chi connectivity index (χ3n) is 3.72. The highest BCUT2D eigenvalue weighted by Crippen LogP contribution is 2.27. The van der Waals surface area contributed by atoms with Gasteiger partial charge in [0.05, 0.1) is 5.69 Å². The van der Waals surface area contributed by atoms with E-state index < -0.39 is 24.2 Å². The lowest BCUT2D eigenvalue weighted by Crippen LogP contribution is -2.16. The SMILES string of the molecule is Cc1ccc(OC(F)F)c(NC(=O)c2ccn(COc3ccc(F)cc3F)n2)c1. The molecule has 3 rings (SSSR count). The summed E-state index contributed by atoms with van der Waals surface area (Å²) in [6, 6.07) is 8.58. The van der Waals surface area contributed by atoms with Gasteiger partial charge < -0.3 is 14.8 Å². The summed E-state index contributed by atoms with van der Waals surface area (Å²) >= 11 is 0. The number of amides is 1. The molecule has 6 nitrogen and oxygen atoms in total. The van der Waals surface area contributed by atoms with Crippen LogP contribution in [-0.4, -0.2) is 22.3 Å². The largest absolute Gasteiger partial charge is 0.468 e. The second-order valence-corrected chi connectivity index (χ2v) is 5.92. The van der Waals surface area contributed by atoms with Gasteiger partial charge in [0.15, 0.2) is 24.0 Å². The van der Waals surface area contributed by atoms with E-state index in [1.165, 1.54) is 29.1 Å². The Kier molecular flexibility index (Phi) is 6.01. The Balaban J connectivity index is 1.67. The van der Waals surface area contributed by atoms with E-state index in [0.29, 0.717) is 6.07 Å². The summed E-state index contributed by atoms with van der Waals surface area (Å²) in [7, 11) is 0. The summed E-state index contributed by atoms with van der Waals surface area (Å²) in [6.45, 7) is -1.56. The van der Waals surface area contributed by atoms with Crippen molar-refractivity contribution in [2.24, 2.45) is 0 Å². The molecule has 0 unspecified atom stereocenters. The van der Waals surface area contributed by atoms with Crippen LogP contribution in [0, 0.1) is 18.6 Å². The van der Waals surface area contributed by atoms with Gasteiger partial charge in [0.2, 0.25) is 0 Å². The average Bonchev–Trinajstić information content (AvgIpc) is 3.12. The van der Waals surface area contributed by atoms with Gasteiger partial charge in [-0.1, -0.05) is 6.07 Å². The first-order valence-corrected chi connectivity index (χ1v) is 8.30. The van der Waals surface area contributed by atoms with Gasteiger partial charge in [-0.25, -0.2) is 13.5 Å². The molecule has 0 aliphatic carbocycles. The number of rotatable bonds is 7. The Bertz CT molecular complexity index is 1020. The second-order valence-electron chi connectivity index (χ2n) is 5.92. The summed E-state index contributed by atoms with van der Waals surface area (Å²) in [4.78, 5) is 12.4. The van der Waals surface area contributed by atoms with E-state index in [0.717, 1.165) is 17.7 Å². The first kappa shape index (κ1) is 20.2. The number of aryl methyl sites for hydroxylation is 1. The minimum atomic E-state index is -3.04. The molecule has 1 amide bonds. The average molecular weight is 409 g/mol. The molecule has 0 saturated carbocycles. The van der Waals surface area contributed by atoms with Crippen LogP contribution in [-0.2, 0) is 6.73 Å². The number of hydrogen-bond donors (Lipinski definition) is 1. The quantitative estimate of drug-likeness (QED) is 0.589. The summed E-state index contributed by atoms with van der Waals surface area (Å²) in [5.41, 5.74) is 0.759.